The fraction of sp³-hybridized carbons (Fsp3) is 0.900. The number of nitrogens with one attached hydrogen (secondary N) is 2. The largest absolute Gasteiger partial charge is 0.356 e. The lowest BCUT2D eigenvalue weighted by molar-refractivity contribution is 0.598. The van der Waals surface area contributed by atoms with Crippen molar-refractivity contribution in [3.63, 3.8) is 0 Å². The second-order valence-corrected chi connectivity index (χ2v) is 6.71. The van der Waals surface area contributed by atoms with Crippen LogP contribution in [0.1, 0.15) is 19.8 Å². The van der Waals surface area contributed by atoms with Crippen LogP contribution in [0.4, 0.5) is 0 Å². The van der Waals surface area contributed by atoms with Gasteiger partial charge < -0.3 is 10.6 Å². The van der Waals surface area contributed by atoms with Crippen molar-refractivity contribution in [1.82, 2.24) is 10.6 Å². The fourth-order valence-electron chi connectivity index (χ4n) is 1.43. The van der Waals surface area contributed by atoms with E-state index in [2.05, 4.69) is 22.5 Å². The highest BCUT2D eigenvalue weighted by Gasteiger charge is 2.33. The number of nitrogens with zero attached hydrogens (tertiary/aromatic N) is 1. The molecule has 0 aliphatic heterocycles. The van der Waals surface area contributed by atoms with Gasteiger partial charge in [0.05, 0.1) is 5.75 Å². The zero-order chi connectivity index (χ0) is 12.2. The van der Waals surface area contributed by atoms with Gasteiger partial charge in [-0.1, -0.05) is 6.92 Å². The van der Waals surface area contributed by atoms with Crippen LogP contribution in [0, 0.1) is 5.92 Å². The second-order valence-electron chi connectivity index (χ2n) is 4.45. The first-order valence-corrected chi connectivity index (χ1v) is 7.63. The van der Waals surface area contributed by atoms with Gasteiger partial charge in [0.15, 0.2) is 5.96 Å². The van der Waals surface area contributed by atoms with E-state index in [9.17, 15) is 8.42 Å². The molecule has 0 heterocycles. The molecule has 1 rings (SSSR count). The summed E-state index contributed by atoms with van der Waals surface area (Å²) < 4.78 is 21.8. The van der Waals surface area contributed by atoms with Gasteiger partial charge in [-0.25, -0.2) is 8.42 Å². The minimum absolute atomic E-state index is 0.219. The molecule has 1 fully saturated rings. The van der Waals surface area contributed by atoms with Crippen LogP contribution in [0.25, 0.3) is 0 Å². The van der Waals surface area contributed by atoms with Crippen molar-refractivity contribution < 1.29 is 8.42 Å². The zero-order valence-electron chi connectivity index (χ0n) is 10.2. The molecule has 0 bridgehead atoms. The Balaban J connectivity index is 2.15. The molecule has 5 nitrogen and oxygen atoms in total. The molecule has 0 aromatic heterocycles. The van der Waals surface area contributed by atoms with Crippen molar-refractivity contribution in [2.45, 2.75) is 25.8 Å². The van der Waals surface area contributed by atoms with Crippen LogP contribution in [0.5, 0.6) is 0 Å². The predicted molar refractivity (Wildman–Crippen MR) is 66.4 cm³/mol. The maximum atomic E-state index is 10.9. The smallest absolute Gasteiger partial charge is 0.191 e. The Morgan fingerprint density at radius 1 is 1.50 bits per heavy atom. The summed E-state index contributed by atoms with van der Waals surface area (Å²) in [5.74, 6) is 1.70. The number of hydrogen-bond donors (Lipinski definition) is 2. The number of aliphatic imine (C=N–C) groups is 1. The highest BCUT2D eigenvalue weighted by atomic mass is 32.2. The van der Waals surface area contributed by atoms with Crippen molar-refractivity contribution in [2.24, 2.45) is 10.9 Å². The molecule has 6 heteroatoms. The van der Waals surface area contributed by atoms with E-state index in [0.717, 1.165) is 11.9 Å². The molecule has 0 radical (unpaired) electrons. The third kappa shape index (κ3) is 5.34. The molecule has 0 saturated heterocycles. The Labute approximate surface area is 97.6 Å². The lowest BCUT2D eigenvalue weighted by Gasteiger charge is -2.10. The summed E-state index contributed by atoms with van der Waals surface area (Å²) in [5.41, 5.74) is 0. The van der Waals surface area contributed by atoms with Crippen LogP contribution in [-0.2, 0) is 9.84 Å². The summed E-state index contributed by atoms with van der Waals surface area (Å²) in [6.07, 6.45) is 3.05. The van der Waals surface area contributed by atoms with E-state index in [1.54, 1.807) is 7.05 Å². The van der Waals surface area contributed by atoms with Crippen LogP contribution in [0.3, 0.4) is 0 Å². The Bertz CT molecular complexity index is 351. The van der Waals surface area contributed by atoms with Crippen LogP contribution in [0.15, 0.2) is 4.99 Å². The molecule has 16 heavy (non-hydrogen) atoms. The summed E-state index contributed by atoms with van der Waals surface area (Å²) in [5, 5.41) is 6.39. The second kappa shape index (κ2) is 5.52. The van der Waals surface area contributed by atoms with E-state index in [-0.39, 0.29) is 5.75 Å². The van der Waals surface area contributed by atoms with Crippen LogP contribution < -0.4 is 10.6 Å². The van der Waals surface area contributed by atoms with Crippen molar-refractivity contribution in [3.8, 4) is 0 Å². The molecule has 1 aliphatic rings. The first-order chi connectivity index (χ1) is 7.42. The number of guanidine groups is 1. The molecular formula is C10H21N3O2S. The predicted octanol–water partition coefficient (Wildman–Crippen LogP) is -0.00550. The maximum absolute atomic E-state index is 10.9. The van der Waals surface area contributed by atoms with Gasteiger partial charge in [-0.05, 0) is 18.8 Å². The highest BCUT2D eigenvalue weighted by Crippen LogP contribution is 2.28. The fourth-order valence-corrected chi connectivity index (χ4v) is 2.10. The van der Waals surface area contributed by atoms with Gasteiger partial charge >= 0.3 is 0 Å². The molecule has 94 valence electrons. The van der Waals surface area contributed by atoms with E-state index in [0.29, 0.717) is 19.0 Å². The van der Waals surface area contributed by atoms with Crippen LogP contribution >= 0.6 is 0 Å². The third-order valence-electron chi connectivity index (χ3n) is 2.64. The van der Waals surface area contributed by atoms with E-state index in [1.807, 2.05) is 0 Å². The average molecular weight is 247 g/mol. The monoisotopic (exact) mass is 247 g/mol. The topological polar surface area (TPSA) is 70.6 Å². The average Bonchev–Trinajstić information content (AvgIpc) is 2.85. The summed E-state index contributed by atoms with van der Waals surface area (Å²) in [6, 6.07) is 0.529. The van der Waals surface area contributed by atoms with E-state index >= 15 is 0 Å². The molecule has 0 aromatic rings. The summed E-state index contributed by atoms with van der Waals surface area (Å²) >= 11 is 0. The Kier molecular flexibility index (Phi) is 4.58. The molecule has 2 atom stereocenters. The quantitative estimate of drug-likeness (QED) is 0.407. The number of sulfone groups is 1. The van der Waals surface area contributed by atoms with Gasteiger partial charge in [-0.15, -0.1) is 0 Å². The minimum Gasteiger partial charge on any atom is -0.356 e. The van der Waals surface area contributed by atoms with Gasteiger partial charge in [0.2, 0.25) is 0 Å². The lowest BCUT2D eigenvalue weighted by Crippen LogP contribution is -2.39. The van der Waals surface area contributed by atoms with Gasteiger partial charge in [0, 0.05) is 25.9 Å². The molecule has 2 N–H and O–H groups in total. The standard InChI is InChI=1S/C10H21N3O2S/c1-8-7-9(8)13-10(11-2)12-5-4-6-16(3,14)15/h8-9H,4-7H2,1-3H3,(H2,11,12,13). The first-order valence-electron chi connectivity index (χ1n) is 5.57. The summed E-state index contributed by atoms with van der Waals surface area (Å²) in [7, 11) is -1.13. The van der Waals surface area contributed by atoms with Gasteiger partial charge in [-0.3, -0.25) is 4.99 Å². The third-order valence-corrected chi connectivity index (χ3v) is 3.67. The lowest BCUT2D eigenvalue weighted by atomic mass is 10.4. The number of hydrogen-bond acceptors (Lipinski definition) is 3. The van der Waals surface area contributed by atoms with E-state index < -0.39 is 9.84 Å². The molecule has 0 spiro atoms. The Hall–Kier alpha value is -0.780. The van der Waals surface area contributed by atoms with Crippen molar-refractivity contribution in [3.05, 3.63) is 0 Å². The first kappa shape index (κ1) is 13.3. The van der Waals surface area contributed by atoms with Crippen LogP contribution in [-0.4, -0.2) is 46.0 Å². The van der Waals surface area contributed by atoms with Crippen molar-refractivity contribution in [1.29, 1.82) is 0 Å². The molecule has 0 aromatic carbocycles. The molecule has 1 saturated carbocycles. The molecule has 0 amide bonds. The molecule has 2 unspecified atom stereocenters. The van der Waals surface area contributed by atoms with Gasteiger partial charge in [0.25, 0.3) is 0 Å². The van der Waals surface area contributed by atoms with Crippen molar-refractivity contribution >= 4 is 15.8 Å². The normalized spacial score (nSPS) is 25.3. The van der Waals surface area contributed by atoms with Crippen molar-refractivity contribution in [2.75, 3.05) is 25.6 Å². The minimum atomic E-state index is -2.85. The van der Waals surface area contributed by atoms with Gasteiger partial charge in [0.1, 0.15) is 9.84 Å². The van der Waals surface area contributed by atoms with E-state index in [1.165, 1.54) is 12.7 Å². The maximum Gasteiger partial charge on any atom is 0.191 e. The van der Waals surface area contributed by atoms with E-state index in [4.69, 9.17) is 0 Å². The Morgan fingerprint density at radius 3 is 2.56 bits per heavy atom. The summed E-state index contributed by atoms with van der Waals surface area (Å²) in [4.78, 5) is 4.08. The SMILES string of the molecule is CN=C(NCCCS(C)(=O)=O)NC1CC1C. The highest BCUT2D eigenvalue weighted by molar-refractivity contribution is 7.90. The summed E-state index contributed by atoms with van der Waals surface area (Å²) in [6.45, 7) is 2.82. The zero-order valence-corrected chi connectivity index (χ0v) is 11.0. The molecular weight excluding hydrogens is 226 g/mol. The molecule has 1 aliphatic carbocycles. The number of rotatable bonds is 5. The van der Waals surface area contributed by atoms with Gasteiger partial charge in [-0.2, -0.15) is 0 Å². The Morgan fingerprint density at radius 2 is 2.12 bits per heavy atom. The van der Waals surface area contributed by atoms with Crippen LogP contribution in [0.2, 0.25) is 0 Å².